The first-order chi connectivity index (χ1) is 14.4. The molecule has 1 fully saturated rings. The topological polar surface area (TPSA) is 80.6 Å². The van der Waals surface area contributed by atoms with Gasteiger partial charge < -0.3 is 19.5 Å². The summed E-state index contributed by atoms with van der Waals surface area (Å²) in [5.74, 6) is 1.44. The van der Waals surface area contributed by atoms with Crippen molar-refractivity contribution in [2.24, 2.45) is 0 Å². The van der Waals surface area contributed by atoms with Gasteiger partial charge in [0, 0.05) is 0 Å². The number of hydrogen-bond donors (Lipinski definition) is 2. The number of ether oxygens (including phenoxy) is 3. The molecule has 0 bridgehead atoms. The Morgan fingerprint density at radius 2 is 1.87 bits per heavy atom. The van der Waals surface area contributed by atoms with Gasteiger partial charge in [-0.3, -0.25) is 10.2 Å². The number of amides is 1. The average Bonchev–Trinajstić information content (AvgIpc) is 2.99. The second kappa shape index (κ2) is 9.91. The van der Waals surface area contributed by atoms with E-state index in [-0.39, 0.29) is 11.1 Å². The number of hydrogen-bond acceptors (Lipinski definition) is 6. The highest BCUT2D eigenvalue weighted by atomic mass is 35.5. The SMILES string of the molecule is CCOc1cc(/C=C2\SC(=N)NC2=O)cc(Cl)c1OCCOc1ccc(C)cc1C. The van der Waals surface area contributed by atoms with E-state index in [1.165, 1.54) is 5.56 Å². The number of rotatable bonds is 8. The van der Waals surface area contributed by atoms with Crippen molar-refractivity contribution in [3.8, 4) is 17.2 Å². The first-order valence-corrected chi connectivity index (χ1v) is 10.7. The lowest BCUT2D eigenvalue weighted by atomic mass is 10.1. The molecule has 1 saturated heterocycles. The fourth-order valence-electron chi connectivity index (χ4n) is 2.92. The van der Waals surface area contributed by atoms with Crippen molar-refractivity contribution in [1.29, 1.82) is 5.41 Å². The van der Waals surface area contributed by atoms with Crippen LogP contribution in [0, 0.1) is 19.3 Å². The van der Waals surface area contributed by atoms with Crippen molar-refractivity contribution in [3.05, 3.63) is 56.9 Å². The molecule has 2 N–H and O–H groups in total. The third kappa shape index (κ3) is 5.49. The van der Waals surface area contributed by atoms with Crippen molar-refractivity contribution in [3.63, 3.8) is 0 Å². The summed E-state index contributed by atoms with van der Waals surface area (Å²) in [6.07, 6.45) is 1.67. The van der Waals surface area contributed by atoms with Crippen LogP contribution in [-0.2, 0) is 4.79 Å². The van der Waals surface area contributed by atoms with Gasteiger partial charge in [-0.2, -0.15) is 0 Å². The monoisotopic (exact) mass is 446 g/mol. The summed E-state index contributed by atoms with van der Waals surface area (Å²) >= 11 is 7.50. The van der Waals surface area contributed by atoms with Crippen LogP contribution in [0.25, 0.3) is 6.08 Å². The summed E-state index contributed by atoms with van der Waals surface area (Å²) in [7, 11) is 0. The normalized spacial score (nSPS) is 14.7. The van der Waals surface area contributed by atoms with Gasteiger partial charge in [0.25, 0.3) is 5.91 Å². The molecule has 1 heterocycles. The molecule has 2 aromatic carbocycles. The molecule has 0 unspecified atom stereocenters. The van der Waals surface area contributed by atoms with Gasteiger partial charge in [0.05, 0.1) is 16.5 Å². The van der Waals surface area contributed by atoms with Crippen LogP contribution in [0.1, 0.15) is 23.6 Å². The highest BCUT2D eigenvalue weighted by molar-refractivity contribution is 8.18. The van der Waals surface area contributed by atoms with Crippen LogP contribution in [-0.4, -0.2) is 30.9 Å². The first-order valence-electron chi connectivity index (χ1n) is 9.46. The third-order valence-electron chi connectivity index (χ3n) is 4.21. The molecular formula is C22H23ClN2O4S. The molecule has 1 amide bonds. The van der Waals surface area contributed by atoms with E-state index >= 15 is 0 Å². The molecule has 0 saturated carbocycles. The number of halogens is 1. The molecule has 2 aromatic rings. The summed E-state index contributed by atoms with van der Waals surface area (Å²) in [5, 5.41) is 10.5. The van der Waals surface area contributed by atoms with Crippen LogP contribution in [0.3, 0.4) is 0 Å². The van der Waals surface area contributed by atoms with Crippen LogP contribution in [0.5, 0.6) is 17.2 Å². The van der Waals surface area contributed by atoms with Gasteiger partial charge >= 0.3 is 0 Å². The zero-order chi connectivity index (χ0) is 21.7. The lowest BCUT2D eigenvalue weighted by molar-refractivity contribution is -0.115. The minimum Gasteiger partial charge on any atom is -0.490 e. The largest absolute Gasteiger partial charge is 0.490 e. The maximum Gasteiger partial charge on any atom is 0.264 e. The molecule has 8 heteroatoms. The highest BCUT2D eigenvalue weighted by Gasteiger charge is 2.22. The summed E-state index contributed by atoms with van der Waals surface area (Å²) in [6, 6.07) is 9.48. The van der Waals surface area contributed by atoms with Crippen LogP contribution < -0.4 is 19.5 Å². The maximum atomic E-state index is 11.8. The number of carbonyl (C=O) groups excluding carboxylic acids is 1. The Kier molecular flexibility index (Phi) is 7.29. The summed E-state index contributed by atoms with van der Waals surface area (Å²) in [4.78, 5) is 12.3. The predicted molar refractivity (Wildman–Crippen MR) is 121 cm³/mol. The number of amidine groups is 1. The minimum absolute atomic E-state index is 0.103. The van der Waals surface area contributed by atoms with Crippen LogP contribution in [0.15, 0.2) is 35.2 Å². The van der Waals surface area contributed by atoms with E-state index in [9.17, 15) is 4.79 Å². The number of carbonyl (C=O) groups is 1. The van der Waals surface area contributed by atoms with Crippen molar-refractivity contribution < 1.29 is 19.0 Å². The Labute approximate surface area is 185 Å². The standard InChI is InChI=1S/C22H23ClN2O4S/c1-4-27-18-11-15(12-19-21(26)25-22(24)30-19)10-16(23)20(18)29-8-7-28-17-6-5-13(2)9-14(17)3/h5-6,9-12H,4,7-8H2,1-3H3,(H2,24,25,26)/b19-12-. The van der Waals surface area contributed by atoms with Gasteiger partial charge in [0.1, 0.15) is 19.0 Å². The van der Waals surface area contributed by atoms with E-state index in [1.54, 1.807) is 18.2 Å². The highest BCUT2D eigenvalue weighted by Crippen LogP contribution is 2.38. The molecule has 0 atom stereocenters. The Hall–Kier alpha value is -2.64. The maximum absolute atomic E-state index is 11.8. The van der Waals surface area contributed by atoms with Gasteiger partial charge in [0.2, 0.25) is 0 Å². The quantitative estimate of drug-likeness (QED) is 0.443. The van der Waals surface area contributed by atoms with Crippen molar-refractivity contribution in [2.75, 3.05) is 19.8 Å². The molecule has 6 nitrogen and oxygen atoms in total. The molecule has 0 radical (unpaired) electrons. The van der Waals surface area contributed by atoms with Crippen LogP contribution >= 0.6 is 23.4 Å². The predicted octanol–water partition coefficient (Wildman–Crippen LogP) is 4.95. The zero-order valence-corrected chi connectivity index (χ0v) is 18.6. The Morgan fingerprint density at radius 1 is 1.10 bits per heavy atom. The Morgan fingerprint density at radius 3 is 2.53 bits per heavy atom. The van der Waals surface area contributed by atoms with Gasteiger partial charge in [-0.15, -0.1) is 0 Å². The van der Waals surface area contributed by atoms with E-state index in [2.05, 4.69) is 11.4 Å². The Bertz CT molecular complexity index is 1010. The summed E-state index contributed by atoms with van der Waals surface area (Å²) < 4.78 is 17.3. The van der Waals surface area contributed by atoms with E-state index in [0.717, 1.165) is 23.1 Å². The number of benzene rings is 2. The van der Waals surface area contributed by atoms with Gasteiger partial charge in [-0.05, 0) is 67.9 Å². The minimum atomic E-state index is -0.303. The van der Waals surface area contributed by atoms with Gasteiger partial charge in [-0.25, -0.2) is 0 Å². The van der Waals surface area contributed by atoms with Crippen molar-refractivity contribution in [2.45, 2.75) is 20.8 Å². The smallest absolute Gasteiger partial charge is 0.264 e. The second-order valence-corrected chi connectivity index (χ2v) is 8.08. The fourth-order valence-corrected chi connectivity index (χ4v) is 3.90. The number of aryl methyl sites for hydroxylation is 2. The first kappa shape index (κ1) is 22.1. The average molecular weight is 447 g/mol. The molecule has 158 valence electrons. The van der Waals surface area contributed by atoms with Crippen LogP contribution in [0.2, 0.25) is 5.02 Å². The molecule has 1 aliphatic heterocycles. The van der Waals surface area contributed by atoms with Crippen molar-refractivity contribution >= 4 is 40.5 Å². The van der Waals surface area contributed by atoms with Gasteiger partial charge in [-0.1, -0.05) is 29.3 Å². The summed E-state index contributed by atoms with van der Waals surface area (Å²) in [5.41, 5.74) is 2.95. The molecule has 3 rings (SSSR count). The lowest BCUT2D eigenvalue weighted by Gasteiger charge is -2.15. The molecule has 1 aliphatic rings. The molecule has 0 aliphatic carbocycles. The van der Waals surface area contributed by atoms with Crippen molar-refractivity contribution in [1.82, 2.24) is 5.32 Å². The second-order valence-electron chi connectivity index (χ2n) is 6.62. The molecule has 0 spiro atoms. The van der Waals surface area contributed by atoms with E-state index in [4.69, 9.17) is 31.2 Å². The molecular weight excluding hydrogens is 424 g/mol. The van der Waals surface area contributed by atoms with E-state index in [0.29, 0.717) is 46.8 Å². The fraction of sp³-hybridized carbons (Fsp3) is 0.273. The molecule has 0 aromatic heterocycles. The van der Waals surface area contributed by atoms with Gasteiger partial charge in [0.15, 0.2) is 16.7 Å². The van der Waals surface area contributed by atoms with E-state index < -0.39 is 0 Å². The summed E-state index contributed by atoms with van der Waals surface area (Å²) in [6.45, 7) is 7.00. The third-order valence-corrected chi connectivity index (χ3v) is 5.32. The molecule has 30 heavy (non-hydrogen) atoms. The Balaban J connectivity index is 1.70. The van der Waals surface area contributed by atoms with Crippen LogP contribution in [0.4, 0.5) is 0 Å². The zero-order valence-electron chi connectivity index (χ0n) is 17.0. The van der Waals surface area contributed by atoms with E-state index in [1.807, 2.05) is 32.9 Å². The lowest BCUT2D eigenvalue weighted by Crippen LogP contribution is -2.18. The number of nitrogens with one attached hydrogen (secondary N) is 2. The number of thioether (sulfide) groups is 1.